The molecule has 0 unspecified atom stereocenters. The van der Waals surface area contributed by atoms with Gasteiger partial charge in [-0.3, -0.25) is 9.89 Å². The molecule has 0 aliphatic heterocycles. The number of para-hydroxylation sites is 1. The van der Waals surface area contributed by atoms with Crippen molar-refractivity contribution in [2.45, 2.75) is 6.92 Å². The molecule has 2 rings (SSSR count). The first-order chi connectivity index (χ1) is 9.00. The van der Waals surface area contributed by atoms with E-state index in [4.69, 9.17) is 12.2 Å². The number of hydrogen-bond donors (Lipinski definition) is 3. The van der Waals surface area contributed by atoms with Crippen molar-refractivity contribution < 1.29 is 10.2 Å². The molecule has 0 aliphatic rings. The quantitative estimate of drug-likeness (QED) is 0.430. The SMILES string of the molecule is Cc1n[nH]c(=S)n(N=Cc2cccc(O)c2O)c1=O. The third-order valence-electron chi connectivity index (χ3n) is 2.37. The van der Waals surface area contributed by atoms with E-state index < -0.39 is 5.56 Å². The summed E-state index contributed by atoms with van der Waals surface area (Å²) in [7, 11) is 0. The van der Waals surface area contributed by atoms with Gasteiger partial charge in [-0.2, -0.15) is 14.9 Å². The topological polar surface area (TPSA) is 104 Å². The average Bonchev–Trinajstić information content (AvgIpc) is 2.39. The Morgan fingerprint density at radius 2 is 2.21 bits per heavy atom. The molecule has 3 N–H and O–H groups in total. The highest BCUT2D eigenvalue weighted by Gasteiger charge is 2.04. The maximum Gasteiger partial charge on any atom is 0.296 e. The lowest BCUT2D eigenvalue weighted by Gasteiger charge is -2.01. The molecule has 0 fully saturated rings. The van der Waals surface area contributed by atoms with Crippen LogP contribution < -0.4 is 5.56 Å². The highest BCUT2D eigenvalue weighted by Crippen LogP contribution is 2.26. The van der Waals surface area contributed by atoms with Gasteiger partial charge in [-0.15, -0.1) is 0 Å². The zero-order valence-corrected chi connectivity index (χ0v) is 10.7. The summed E-state index contributed by atoms with van der Waals surface area (Å²) in [5, 5.41) is 29.0. The van der Waals surface area contributed by atoms with Crippen LogP contribution in [0.5, 0.6) is 11.5 Å². The van der Waals surface area contributed by atoms with Gasteiger partial charge in [0.15, 0.2) is 11.5 Å². The minimum Gasteiger partial charge on any atom is -0.504 e. The molecule has 7 nitrogen and oxygen atoms in total. The number of nitrogens with one attached hydrogen (secondary N) is 1. The van der Waals surface area contributed by atoms with E-state index in [1.165, 1.54) is 31.3 Å². The fourth-order valence-electron chi connectivity index (χ4n) is 1.35. The van der Waals surface area contributed by atoms with Crippen molar-refractivity contribution in [2.75, 3.05) is 0 Å². The van der Waals surface area contributed by atoms with Gasteiger partial charge < -0.3 is 10.2 Å². The highest BCUT2D eigenvalue weighted by molar-refractivity contribution is 7.71. The lowest BCUT2D eigenvalue weighted by Crippen LogP contribution is -2.22. The first-order valence-corrected chi connectivity index (χ1v) is 5.65. The summed E-state index contributed by atoms with van der Waals surface area (Å²) in [5.41, 5.74) is 0.0151. The standard InChI is InChI=1S/C11H10N4O3S/c1-6-10(18)15(11(19)14-13-6)12-5-7-3-2-4-8(16)9(7)17/h2-5,16-17H,1H3,(H,14,19). The fourth-order valence-corrected chi connectivity index (χ4v) is 1.53. The van der Waals surface area contributed by atoms with Gasteiger partial charge in [0.25, 0.3) is 5.56 Å². The minimum atomic E-state index is -0.459. The van der Waals surface area contributed by atoms with Gasteiger partial charge in [0.1, 0.15) is 5.69 Å². The third-order valence-corrected chi connectivity index (χ3v) is 2.64. The monoisotopic (exact) mass is 278 g/mol. The second-order valence-electron chi connectivity index (χ2n) is 3.69. The Labute approximate surface area is 112 Å². The molecule has 1 aromatic heterocycles. The maximum atomic E-state index is 11.8. The van der Waals surface area contributed by atoms with E-state index >= 15 is 0 Å². The van der Waals surface area contributed by atoms with Crippen LogP contribution in [0.1, 0.15) is 11.3 Å². The second kappa shape index (κ2) is 5.02. The van der Waals surface area contributed by atoms with Gasteiger partial charge in [0, 0.05) is 5.56 Å². The molecular weight excluding hydrogens is 268 g/mol. The number of H-pyrrole nitrogens is 1. The number of aryl methyl sites for hydroxylation is 1. The van der Waals surface area contributed by atoms with Crippen molar-refractivity contribution in [3.63, 3.8) is 0 Å². The van der Waals surface area contributed by atoms with Gasteiger partial charge in [-0.1, -0.05) is 6.07 Å². The predicted molar refractivity (Wildman–Crippen MR) is 71.2 cm³/mol. The van der Waals surface area contributed by atoms with Gasteiger partial charge in [-0.05, 0) is 31.3 Å². The Hall–Kier alpha value is -2.48. The lowest BCUT2D eigenvalue weighted by atomic mass is 10.2. The van der Waals surface area contributed by atoms with E-state index in [-0.39, 0.29) is 27.5 Å². The van der Waals surface area contributed by atoms with Gasteiger partial charge in [0.05, 0.1) is 6.21 Å². The molecule has 1 heterocycles. The molecule has 2 aromatic rings. The van der Waals surface area contributed by atoms with E-state index in [0.717, 1.165) is 4.68 Å². The number of phenols is 2. The van der Waals surface area contributed by atoms with E-state index in [0.29, 0.717) is 0 Å². The summed E-state index contributed by atoms with van der Waals surface area (Å²) >= 11 is 4.89. The molecule has 0 saturated heterocycles. The van der Waals surface area contributed by atoms with Gasteiger partial charge >= 0.3 is 0 Å². The van der Waals surface area contributed by atoms with Crippen LogP contribution in [-0.2, 0) is 0 Å². The van der Waals surface area contributed by atoms with E-state index in [1.807, 2.05) is 0 Å². The van der Waals surface area contributed by atoms with Crippen LogP contribution in [-0.4, -0.2) is 31.3 Å². The molecule has 0 radical (unpaired) electrons. The lowest BCUT2D eigenvalue weighted by molar-refractivity contribution is 0.403. The van der Waals surface area contributed by atoms with Crippen molar-refractivity contribution in [3.05, 3.63) is 44.6 Å². The van der Waals surface area contributed by atoms with E-state index in [9.17, 15) is 15.0 Å². The fraction of sp³-hybridized carbons (Fsp3) is 0.0909. The molecule has 0 aliphatic carbocycles. The largest absolute Gasteiger partial charge is 0.504 e. The van der Waals surface area contributed by atoms with Crippen molar-refractivity contribution in [1.29, 1.82) is 0 Å². The molecule has 0 atom stereocenters. The minimum absolute atomic E-state index is 0.0338. The summed E-state index contributed by atoms with van der Waals surface area (Å²) in [4.78, 5) is 11.8. The first kappa shape index (κ1) is 13.0. The Balaban J connectivity index is 2.50. The Kier molecular flexibility index (Phi) is 3.43. The zero-order valence-electron chi connectivity index (χ0n) is 9.86. The molecule has 8 heteroatoms. The maximum absolute atomic E-state index is 11.8. The summed E-state index contributed by atoms with van der Waals surface area (Å²) in [5.74, 6) is -0.590. The molecule has 0 bridgehead atoms. The predicted octanol–water partition coefficient (Wildman–Crippen LogP) is 0.903. The van der Waals surface area contributed by atoms with Crippen molar-refractivity contribution in [3.8, 4) is 11.5 Å². The van der Waals surface area contributed by atoms with Gasteiger partial charge in [0.2, 0.25) is 4.77 Å². The molecule has 98 valence electrons. The number of hydrogen-bond acceptors (Lipinski definition) is 6. The third kappa shape index (κ3) is 2.52. The zero-order chi connectivity index (χ0) is 14.0. The smallest absolute Gasteiger partial charge is 0.296 e. The van der Waals surface area contributed by atoms with Crippen molar-refractivity contribution in [1.82, 2.24) is 14.9 Å². The summed E-state index contributed by atoms with van der Waals surface area (Å²) in [6, 6.07) is 4.41. The molecule has 0 saturated carbocycles. The highest BCUT2D eigenvalue weighted by atomic mass is 32.1. The molecule has 0 spiro atoms. The molecule has 1 aromatic carbocycles. The van der Waals surface area contributed by atoms with Crippen LogP contribution in [0, 0.1) is 11.7 Å². The number of aromatic nitrogens is 3. The summed E-state index contributed by atoms with van der Waals surface area (Å²) < 4.78 is 0.979. The second-order valence-corrected chi connectivity index (χ2v) is 4.08. The molecule has 19 heavy (non-hydrogen) atoms. The van der Waals surface area contributed by atoms with Crippen molar-refractivity contribution >= 4 is 18.4 Å². The molecule has 0 amide bonds. The number of nitrogens with zero attached hydrogens (tertiary/aromatic N) is 3. The number of rotatable bonds is 2. The average molecular weight is 278 g/mol. The van der Waals surface area contributed by atoms with Gasteiger partial charge in [-0.25, -0.2) is 0 Å². The van der Waals surface area contributed by atoms with Crippen LogP contribution in [0.3, 0.4) is 0 Å². The van der Waals surface area contributed by atoms with Crippen molar-refractivity contribution in [2.24, 2.45) is 5.10 Å². The number of aromatic amines is 1. The van der Waals surface area contributed by atoms with Crippen LogP contribution >= 0.6 is 12.2 Å². The Morgan fingerprint density at radius 1 is 1.47 bits per heavy atom. The number of phenolic OH excluding ortho intramolecular Hbond substituents is 2. The van der Waals surface area contributed by atoms with Crippen LogP contribution in [0.15, 0.2) is 28.1 Å². The number of benzene rings is 1. The summed E-state index contributed by atoms with van der Waals surface area (Å²) in [6.45, 7) is 1.52. The van der Waals surface area contributed by atoms with E-state index in [2.05, 4.69) is 15.3 Å². The Bertz CT molecular complexity index is 763. The normalized spacial score (nSPS) is 11.0. The number of aromatic hydroxyl groups is 2. The molecular formula is C11H10N4O3S. The first-order valence-electron chi connectivity index (χ1n) is 5.24. The van der Waals surface area contributed by atoms with Crippen LogP contribution in [0.2, 0.25) is 0 Å². The summed E-state index contributed by atoms with van der Waals surface area (Å²) in [6.07, 6.45) is 1.22. The van der Waals surface area contributed by atoms with Crippen LogP contribution in [0.25, 0.3) is 0 Å². The van der Waals surface area contributed by atoms with Crippen LogP contribution in [0.4, 0.5) is 0 Å². The Morgan fingerprint density at radius 3 is 2.95 bits per heavy atom. The van der Waals surface area contributed by atoms with E-state index in [1.54, 1.807) is 0 Å².